The molecule has 2 aromatic rings. The lowest BCUT2D eigenvalue weighted by Gasteiger charge is -2.06. The molecule has 6 heteroatoms. The Morgan fingerprint density at radius 2 is 1.90 bits per heavy atom. The number of aromatic nitrogens is 2. The molecule has 0 saturated carbocycles. The average molecular weight is 307 g/mol. The summed E-state index contributed by atoms with van der Waals surface area (Å²) in [5, 5.41) is 0.0762. The van der Waals surface area contributed by atoms with Crippen molar-refractivity contribution in [2.75, 3.05) is 13.2 Å². The number of rotatable bonds is 5. The van der Waals surface area contributed by atoms with Gasteiger partial charge in [-0.1, -0.05) is 11.6 Å². The number of esters is 1. The minimum absolute atomic E-state index is 0.0762. The summed E-state index contributed by atoms with van der Waals surface area (Å²) in [4.78, 5) is 19.9. The van der Waals surface area contributed by atoms with Gasteiger partial charge in [-0.25, -0.2) is 14.8 Å². The minimum Gasteiger partial charge on any atom is -0.494 e. The van der Waals surface area contributed by atoms with Gasteiger partial charge in [-0.2, -0.15) is 0 Å². The first kappa shape index (κ1) is 15.3. The monoisotopic (exact) mass is 306 g/mol. The molecule has 110 valence electrons. The molecule has 0 atom stereocenters. The Kier molecular flexibility index (Phi) is 5.11. The van der Waals surface area contributed by atoms with Gasteiger partial charge in [0.15, 0.2) is 5.82 Å². The maximum atomic E-state index is 11.6. The van der Waals surface area contributed by atoms with E-state index in [4.69, 9.17) is 21.1 Å². The summed E-state index contributed by atoms with van der Waals surface area (Å²) in [6.07, 6.45) is 1.37. The van der Waals surface area contributed by atoms with E-state index >= 15 is 0 Å². The quantitative estimate of drug-likeness (QED) is 0.626. The number of carbonyl (C=O) groups excluding carboxylic acids is 1. The Labute approximate surface area is 127 Å². The molecule has 2 rings (SSSR count). The van der Waals surface area contributed by atoms with Gasteiger partial charge in [0.1, 0.15) is 16.5 Å². The molecule has 0 aliphatic rings. The van der Waals surface area contributed by atoms with E-state index in [-0.39, 0.29) is 17.3 Å². The fraction of sp³-hybridized carbons (Fsp3) is 0.267. The molecular weight excluding hydrogens is 292 g/mol. The van der Waals surface area contributed by atoms with Gasteiger partial charge in [0.25, 0.3) is 0 Å². The van der Waals surface area contributed by atoms with Crippen molar-refractivity contribution in [2.45, 2.75) is 13.8 Å². The number of carbonyl (C=O) groups is 1. The van der Waals surface area contributed by atoms with Crippen LogP contribution in [0.25, 0.3) is 11.4 Å². The van der Waals surface area contributed by atoms with Crippen LogP contribution in [-0.4, -0.2) is 29.2 Å². The Morgan fingerprint density at radius 1 is 1.19 bits per heavy atom. The third kappa shape index (κ3) is 3.70. The first-order chi connectivity index (χ1) is 10.2. The largest absolute Gasteiger partial charge is 0.494 e. The van der Waals surface area contributed by atoms with Crippen molar-refractivity contribution in [3.8, 4) is 17.1 Å². The molecular formula is C15H15ClN2O3. The fourth-order valence-electron chi connectivity index (χ4n) is 1.71. The van der Waals surface area contributed by atoms with E-state index in [0.717, 1.165) is 11.3 Å². The summed E-state index contributed by atoms with van der Waals surface area (Å²) in [5.74, 6) is 0.687. The molecule has 0 radical (unpaired) electrons. The fourth-order valence-corrected chi connectivity index (χ4v) is 1.92. The van der Waals surface area contributed by atoms with Gasteiger partial charge in [0.2, 0.25) is 0 Å². The first-order valence-electron chi connectivity index (χ1n) is 6.58. The maximum absolute atomic E-state index is 11.6. The Morgan fingerprint density at radius 3 is 2.48 bits per heavy atom. The number of ether oxygens (including phenoxy) is 2. The molecule has 21 heavy (non-hydrogen) atoms. The topological polar surface area (TPSA) is 61.3 Å². The third-order valence-corrected chi connectivity index (χ3v) is 2.95. The Balaban J connectivity index is 2.25. The van der Waals surface area contributed by atoms with E-state index in [0.29, 0.717) is 12.4 Å². The molecule has 5 nitrogen and oxygen atoms in total. The van der Waals surface area contributed by atoms with Crippen molar-refractivity contribution in [3.63, 3.8) is 0 Å². The van der Waals surface area contributed by atoms with Gasteiger partial charge >= 0.3 is 5.97 Å². The second kappa shape index (κ2) is 7.04. The summed E-state index contributed by atoms with van der Waals surface area (Å²) >= 11 is 6.01. The molecule has 0 aliphatic carbocycles. The number of nitrogens with zero attached hydrogens (tertiary/aromatic N) is 2. The standard InChI is InChI=1S/C15H15ClN2O3/c1-3-20-11-7-5-10(6-8-11)14-17-9-12(13(16)18-14)15(19)21-4-2/h5-9H,3-4H2,1-2H3. The maximum Gasteiger partial charge on any atom is 0.342 e. The zero-order valence-electron chi connectivity index (χ0n) is 11.8. The van der Waals surface area contributed by atoms with Gasteiger partial charge in [0.05, 0.1) is 13.2 Å². The summed E-state index contributed by atoms with van der Waals surface area (Å²) in [6.45, 7) is 4.53. The zero-order valence-corrected chi connectivity index (χ0v) is 12.6. The van der Waals surface area contributed by atoms with Crippen LogP contribution in [0.15, 0.2) is 30.5 Å². The van der Waals surface area contributed by atoms with Crippen molar-refractivity contribution < 1.29 is 14.3 Å². The van der Waals surface area contributed by atoms with Gasteiger partial charge < -0.3 is 9.47 Å². The summed E-state index contributed by atoms with van der Waals surface area (Å²) in [7, 11) is 0. The van der Waals surface area contributed by atoms with Gasteiger partial charge in [-0.3, -0.25) is 0 Å². The number of halogens is 1. The van der Waals surface area contributed by atoms with E-state index in [2.05, 4.69) is 9.97 Å². The first-order valence-corrected chi connectivity index (χ1v) is 6.96. The molecule has 1 aromatic carbocycles. The SMILES string of the molecule is CCOC(=O)c1cnc(-c2ccc(OCC)cc2)nc1Cl. The molecule has 1 aromatic heterocycles. The van der Waals surface area contributed by atoms with E-state index in [1.807, 2.05) is 31.2 Å². The van der Waals surface area contributed by atoms with Crippen molar-refractivity contribution in [1.82, 2.24) is 9.97 Å². The normalized spacial score (nSPS) is 10.2. The highest BCUT2D eigenvalue weighted by Gasteiger charge is 2.14. The minimum atomic E-state index is -0.527. The molecule has 0 aliphatic heterocycles. The van der Waals surface area contributed by atoms with Crippen LogP contribution < -0.4 is 4.74 Å². The number of hydrogen-bond donors (Lipinski definition) is 0. The van der Waals surface area contributed by atoms with E-state index < -0.39 is 5.97 Å². The van der Waals surface area contributed by atoms with Crippen LogP contribution in [0.4, 0.5) is 0 Å². The Bertz CT molecular complexity index is 629. The van der Waals surface area contributed by atoms with E-state index in [1.165, 1.54) is 6.20 Å². The molecule has 0 saturated heterocycles. The molecule has 0 amide bonds. The highest BCUT2D eigenvalue weighted by atomic mass is 35.5. The van der Waals surface area contributed by atoms with Crippen molar-refractivity contribution >= 4 is 17.6 Å². The molecule has 0 spiro atoms. The van der Waals surface area contributed by atoms with Gasteiger partial charge in [-0.05, 0) is 38.1 Å². The second-order valence-corrected chi connectivity index (χ2v) is 4.43. The molecule has 0 fully saturated rings. The Hall–Kier alpha value is -2.14. The lowest BCUT2D eigenvalue weighted by molar-refractivity contribution is 0.0525. The summed E-state index contributed by atoms with van der Waals surface area (Å²) < 4.78 is 10.2. The van der Waals surface area contributed by atoms with Crippen LogP contribution >= 0.6 is 11.6 Å². The van der Waals surface area contributed by atoms with Crippen molar-refractivity contribution in [1.29, 1.82) is 0 Å². The zero-order chi connectivity index (χ0) is 15.2. The molecule has 0 unspecified atom stereocenters. The van der Waals surface area contributed by atoms with E-state index in [9.17, 15) is 4.79 Å². The van der Waals surface area contributed by atoms with Crippen molar-refractivity contribution in [3.05, 3.63) is 41.2 Å². The predicted octanol–water partition coefficient (Wildman–Crippen LogP) is 3.37. The third-order valence-electron chi connectivity index (χ3n) is 2.66. The van der Waals surface area contributed by atoms with Crippen LogP contribution in [0.2, 0.25) is 5.15 Å². The van der Waals surface area contributed by atoms with Crippen LogP contribution in [-0.2, 0) is 4.74 Å². The van der Waals surface area contributed by atoms with Crippen LogP contribution in [0.1, 0.15) is 24.2 Å². The molecule has 1 heterocycles. The summed E-state index contributed by atoms with van der Waals surface area (Å²) in [5.41, 5.74) is 0.948. The molecule has 0 bridgehead atoms. The van der Waals surface area contributed by atoms with Crippen LogP contribution in [0.5, 0.6) is 5.75 Å². The smallest absolute Gasteiger partial charge is 0.342 e. The summed E-state index contributed by atoms with van der Waals surface area (Å²) in [6, 6.07) is 7.33. The van der Waals surface area contributed by atoms with Crippen LogP contribution in [0.3, 0.4) is 0 Å². The predicted molar refractivity (Wildman–Crippen MR) is 79.6 cm³/mol. The average Bonchev–Trinajstić information content (AvgIpc) is 2.48. The highest BCUT2D eigenvalue weighted by Crippen LogP contribution is 2.22. The lowest BCUT2D eigenvalue weighted by atomic mass is 10.2. The highest BCUT2D eigenvalue weighted by molar-refractivity contribution is 6.32. The molecule has 0 N–H and O–H groups in total. The number of benzene rings is 1. The lowest BCUT2D eigenvalue weighted by Crippen LogP contribution is -2.07. The second-order valence-electron chi connectivity index (χ2n) is 4.08. The van der Waals surface area contributed by atoms with Crippen molar-refractivity contribution in [2.24, 2.45) is 0 Å². The van der Waals surface area contributed by atoms with Gasteiger partial charge in [0, 0.05) is 11.8 Å². The number of hydrogen-bond acceptors (Lipinski definition) is 5. The van der Waals surface area contributed by atoms with Crippen LogP contribution in [0, 0.1) is 0 Å². The van der Waals surface area contributed by atoms with Gasteiger partial charge in [-0.15, -0.1) is 0 Å². The van der Waals surface area contributed by atoms with E-state index in [1.54, 1.807) is 6.92 Å².